The molecule has 5 heteroatoms. The van der Waals surface area contributed by atoms with Gasteiger partial charge in [0, 0.05) is 30.1 Å². The molecule has 6 atom stereocenters. The molecule has 0 aliphatic carbocycles. The van der Waals surface area contributed by atoms with Crippen LogP contribution in [-0.4, -0.2) is 46.0 Å². The highest BCUT2D eigenvalue weighted by atomic mass is 16.5. The average molecular weight is 340 g/mol. The summed E-state index contributed by atoms with van der Waals surface area (Å²) in [6, 6.07) is 7.46. The number of pyridine rings is 1. The molecule has 1 aromatic heterocycles. The minimum Gasteiger partial charge on any atom is -0.497 e. The largest absolute Gasteiger partial charge is 0.497 e. The lowest BCUT2D eigenvalue weighted by atomic mass is 9.72. The first kappa shape index (κ1) is 16.5. The summed E-state index contributed by atoms with van der Waals surface area (Å²) < 4.78 is 5.33. The molecule has 2 unspecified atom stereocenters. The Morgan fingerprint density at radius 1 is 1.40 bits per heavy atom. The minimum atomic E-state index is -0.680. The lowest BCUT2D eigenvalue weighted by molar-refractivity contribution is -0.162. The topological polar surface area (TPSA) is 65.8 Å². The van der Waals surface area contributed by atoms with Gasteiger partial charge in [0.1, 0.15) is 12.0 Å². The van der Waals surface area contributed by atoms with Crippen LogP contribution in [0.1, 0.15) is 24.5 Å². The third-order valence-electron chi connectivity index (χ3n) is 5.89. The molecule has 2 bridgehead atoms. The van der Waals surface area contributed by atoms with E-state index in [0.29, 0.717) is 5.92 Å². The Labute approximate surface area is 147 Å². The number of aliphatic hydroxyl groups is 2. The Hall–Kier alpha value is -1.95. The summed E-state index contributed by atoms with van der Waals surface area (Å²) in [7, 11) is 1.63. The fraction of sp³-hybridized carbons (Fsp3) is 0.450. The monoisotopic (exact) mass is 340 g/mol. The van der Waals surface area contributed by atoms with Crippen LogP contribution in [0.4, 0.5) is 0 Å². The van der Waals surface area contributed by atoms with Crippen molar-refractivity contribution >= 4 is 10.9 Å². The van der Waals surface area contributed by atoms with Crippen LogP contribution < -0.4 is 4.74 Å². The molecule has 25 heavy (non-hydrogen) atoms. The minimum absolute atomic E-state index is 0.0893. The molecule has 3 fully saturated rings. The average Bonchev–Trinajstić information content (AvgIpc) is 2.66. The molecule has 4 heterocycles. The Bertz CT molecular complexity index is 792. The molecule has 3 aliphatic rings. The highest BCUT2D eigenvalue weighted by molar-refractivity contribution is 5.83. The number of methoxy groups -OCH3 is 1. The van der Waals surface area contributed by atoms with Crippen LogP contribution in [0.25, 0.3) is 10.9 Å². The summed E-state index contributed by atoms with van der Waals surface area (Å²) in [5, 5.41) is 22.7. The summed E-state index contributed by atoms with van der Waals surface area (Å²) in [6.07, 6.45) is 4.25. The third kappa shape index (κ3) is 2.63. The third-order valence-corrected chi connectivity index (χ3v) is 5.89. The van der Waals surface area contributed by atoms with Gasteiger partial charge >= 0.3 is 0 Å². The van der Waals surface area contributed by atoms with E-state index in [0.717, 1.165) is 41.6 Å². The predicted molar refractivity (Wildman–Crippen MR) is 96.2 cm³/mol. The Balaban J connectivity index is 1.71. The molecule has 3 aliphatic heterocycles. The summed E-state index contributed by atoms with van der Waals surface area (Å²) in [4.78, 5) is 6.42. The van der Waals surface area contributed by atoms with Crippen LogP contribution in [0.2, 0.25) is 0 Å². The fourth-order valence-electron chi connectivity index (χ4n) is 4.55. The quantitative estimate of drug-likeness (QED) is 0.837. The highest BCUT2D eigenvalue weighted by Gasteiger charge is 2.47. The van der Waals surface area contributed by atoms with Gasteiger partial charge in [-0.15, -0.1) is 6.58 Å². The smallest absolute Gasteiger partial charge is 0.119 e. The van der Waals surface area contributed by atoms with Crippen molar-refractivity contribution in [2.45, 2.75) is 31.2 Å². The maximum atomic E-state index is 11.2. The van der Waals surface area contributed by atoms with Crippen molar-refractivity contribution in [1.29, 1.82) is 0 Å². The molecular weight excluding hydrogens is 316 g/mol. The van der Waals surface area contributed by atoms with Gasteiger partial charge < -0.3 is 14.9 Å². The van der Waals surface area contributed by atoms with Crippen molar-refractivity contribution in [3.8, 4) is 5.75 Å². The summed E-state index contributed by atoms with van der Waals surface area (Å²) in [6.45, 7) is 4.68. The molecule has 5 nitrogen and oxygen atoms in total. The number of aliphatic hydroxyl groups excluding tert-OH is 2. The molecule has 3 saturated heterocycles. The van der Waals surface area contributed by atoms with E-state index in [-0.39, 0.29) is 12.0 Å². The first-order valence-electron chi connectivity index (χ1n) is 8.81. The predicted octanol–water partition coefficient (Wildman–Crippen LogP) is 2.49. The lowest BCUT2D eigenvalue weighted by Gasteiger charge is -2.53. The molecular formula is C20H24N2O3. The van der Waals surface area contributed by atoms with Crippen LogP contribution in [0.5, 0.6) is 5.75 Å². The molecule has 2 N–H and O–H groups in total. The summed E-state index contributed by atoms with van der Waals surface area (Å²) in [5.74, 6) is 1.21. The van der Waals surface area contributed by atoms with Crippen LogP contribution in [0.15, 0.2) is 43.1 Å². The number of fused-ring (bicyclic) bond motifs is 4. The van der Waals surface area contributed by atoms with Gasteiger partial charge in [0.15, 0.2) is 0 Å². The van der Waals surface area contributed by atoms with E-state index in [1.165, 1.54) is 0 Å². The van der Waals surface area contributed by atoms with E-state index >= 15 is 0 Å². The van der Waals surface area contributed by atoms with Gasteiger partial charge in [-0.05, 0) is 48.6 Å². The Kier molecular flexibility index (Phi) is 4.23. The molecule has 1 aromatic carbocycles. The van der Waals surface area contributed by atoms with Gasteiger partial charge in [-0.25, -0.2) is 0 Å². The van der Waals surface area contributed by atoms with Crippen LogP contribution in [-0.2, 0) is 0 Å². The lowest BCUT2D eigenvalue weighted by Crippen LogP contribution is -2.60. The van der Waals surface area contributed by atoms with Crippen molar-refractivity contribution in [3.63, 3.8) is 0 Å². The van der Waals surface area contributed by atoms with E-state index < -0.39 is 12.3 Å². The molecule has 0 saturated carbocycles. The molecule has 0 spiro atoms. The second-order valence-corrected chi connectivity index (χ2v) is 7.04. The van der Waals surface area contributed by atoms with Crippen molar-refractivity contribution < 1.29 is 14.9 Å². The maximum Gasteiger partial charge on any atom is 0.119 e. The number of aromatic nitrogens is 1. The van der Waals surface area contributed by atoms with Gasteiger partial charge in [0.25, 0.3) is 0 Å². The second-order valence-electron chi connectivity index (χ2n) is 7.04. The molecule has 0 radical (unpaired) electrons. The van der Waals surface area contributed by atoms with E-state index in [2.05, 4.69) is 11.6 Å². The second kappa shape index (κ2) is 6.41. The number of nitrogens with zero attached hydrogens (tertiary/aromatic N) is 2. The van der Waals surface area contributed by atoms with E-state index in [1.54, 1.807) is 13.3 Å². The van der Waals surface area contributed by atoms with Crippen LogP contribution >= 0.6 is 0 Å². The van der Waals surface area contributed by atoms with Crippen molar-refractivity contribution in [2.75, 3.05) is 13.7 Å². The summed E-state index contributed by atoms with van der Waals surface area (Å²) in [5.41, 5.74) is 1.67. The Morgan fingerprint density at radius 3 is 2.96 bits per heavy atom. The van der Waals surface area contributed by atoms with E-state index in [4.69, 9.17) is 4.74 Å². The molecule has 0 amide bonds. The van der Waals surface area contributed by atoms with Crippen LogP contribution in [0, 0.1) is 11.8 Å². The number of hydrogen-bond donors (Lipinski definition) is 2. The highest BCUT2D eigenvalue weighted by Crippen LogP contribution is 2.44. The number of rotatable bonds is 4. The van der Waals surface area contributed by atoms with Crippen LogP contribution in [0.3, 0.4) is 0 Å². The number of piperidine rings is 3. The van der Waals surface area contributed by atoms with Gasteiger partial charge in [0.05, 0.1) is 18.7 Å². The van der Waals surface area contributed by atoms with Crippen molar-refractivity contribution in [1.82, 2.24) is 9.88 Å². The zero-order valence-electron chi connectivity index (χ0n) is 14.4. The SMILES string of the molecule is C=C[C@H]1C(O)N2CC[C@H]1C[C@H]2[C@H](O)c1ccnc2ccc(OC)cc12. The molecule has 2 aromatic rings. The van der Waals surface area contributed by atoms with Crippen molar-refractivity contribution in [3.05, 3.63) is 48.7 Å². The zero-order chi connectivity index (χ0) is 17.6. The van der Waals surface area contributed by atoms with E-state index in [1.807, 2.05) is 35.2 Å². The number of ether oxygens (including phenoxy) is 1. The fourth-order valence-corrected chi connectivity index (χ4v) is 4.55. The molecule has 132 valence electrons. The zero-order valence-corrected chi connectivity index (χ0v) is 14.4. The summed E-state index contributed by atoms with van der Waals surface area (Å²) >= 11 is 0. The van der Waals surface area contributed by atoms with Gasteiger partial charge in [-0.2, -0.15) is 0 Å². The van der Waals surface area contributed by atoms with Gasteiger partial charge in [0.2, 0.25) is 0 Å². The standard InChI is InChI=1S/C20H24N2O3/c1-3-14-12-7-9-22(20(14)24)18(10-12)19(23)15-6-8-21-17-5-4-13(25-2)11-16(15)17/h3-6,8,11-12,14,18-20,23-24H,1,7,9-10H2,2H3/t12-,14+,18-,19+,20?/m0/s1. The normalized spacial score (nSPS) is 32.5. The van der Waals surface area contributed by atoms with Crippen molar-refractivity contribution in [2.24, 2.45) is 11.8 Å². The number of benzene rings is 1. The van der Waals surface area contributed by atoms with E-state index in [9.17, 15) is 10.2 Å². The van der Waals surface area contributed by atoms with Gasteiger partial charge in [-0.1, -0.05) is 6.08 Å². The van der Waals surface area contributed by atoms with Gasteiger partial charge in [-0.3, -0.25) is 9.88 Å². The number of hydrogen-bond acceptors (Lipinski definition) is 5. The maximum absolute atomic E-state index is 11.2. The first-order valence-corrected chi connectivity index (χ1v) is 8.81. The molecule has 5 rings (SSSR count). The Morgan fingerprint density at radius 2 is 2.24 bits per heavy atom. The first-order chi connectivity index (χ1) is 12.1.